The Kier molecular flexibility index (Phi) is 17.2. The molecule has 0 spiro atoms. The largest absolute Gasteiger partial charge is 0.448 e. The number of likely N-dealkylation sites (N-methyl/N-ethyl adjacent to an activating group) is 1. The number of ether oxygens (including phenoxy) is 1. The van der Waals surface area contributed by atoms with Crippen LogP contribution in [0.3, 0.4) is 0 Å². The summed E-state index contributed by atoms with van der Waals surface area (Å²) < 4.78 is 5.76. The fourth-order valence-electron chi connectivity index (χ4n) is 8.39. The summed E-state index contributed by atoms with van der Waals surface area (Å²) in [5.74, 6) is -2.72. The third-order valence-corrected chi connectivity index (χ3v) is 11.7. The van der Waals surface area contributed by atoms with E-state index in [1.807, 2.05) is 37.8 Å². The summed E-state index contributed by atoms with van der Waals surface area (Å²) in [5.41, 5.74) is 1.93. The van der Waals surface area contributed by atoms with Gasteiger partial charge in [-0.2, -0.15) is 10.2 Å². The van der Waals surface area contributed by atoms with E-state index in [9.17, 15) is 34.1 Å². The number of anilines is 1. The number of likely N-dealkylation sites (tertiary alicyclic amines) is 1. The number of nitrogens with one attached hydrogen (secondary N) is 4. The second kappa shape index (κ2) is 22.7. The highest BCUT2D eigenvalue weighted by atomic mass is 16.6. The highest BCUT2D eigenvalue weighted by Gasteiger charge is 2.43. The van der Waals surface area contributed by atoms with Crippen LogP contribution in [0.5, 0.6) is 0 Å². The molecule has 17 nitrogen and oxygen atoms in total. The van der Waals surface area contributed by atoms with E-state index in [0.717, 1.165) is 44.2 Å². The first-order chi connectivity index (χ1) is 29.0. The molecule has 1 aliphatic heterocycles. The predicted octanol–water partition coefficient (Wildman–Crippen LogP) is 5.92. The lowest BCUT2D eigenvalue weighted by molar-refractivity contribution is -0.384. The van der Waals surface area contributed by atoms with Crippen LogP contribution in [0.4, 0.5) is 27.5 Å². The van der Waals surface area contributed by atoms with E-state index in [-0.39, 0.29) is 49.0 Å². The molecule has 0 aromatic heterocycles. The van der Waals surface area contributed by atoms with E-state index in [1.165, 1.54) is 29.2 Å². The summed E-state index contributed by atoms with van der Waals surface area (Å²) >= 11 is 0. The van der Waals surface area contributed by atoms with Crippen LogP contribution in [0.2, 0.25) is 0 Å². The van der Waals surface area contributed by atoms with E-state index < -0.39 is 46.8 Å². The van der Waals surface area contributed by atoms with Crippen molar-refractivity contribution in [2.45, 2.75) is 97.1 Å². The smallest absolute Gasteiger partial charge is 0.409 e. The van der Waals surface area contributed by atoms with Gasteiger partial charge in [0.05, 0.1) is 34.9 Å². The van der Waals surface area contributed by atoms with Crippen molar-refractivity contribution >= 4 is 52.5 Å². The van der Waals surface area contributed by atoms with E-state index >= 15 is 0 Å². The lowest BCUT2D eigenvalue weighted by Gasteiger charge is -2.33. The van der Waals surface area contributed by atoms with Gasteiger partial charge >= 0.3 is 6.09 Å². The molecule has 0 unspecified atom stereocenters. The number of carbonyl (C=O) groups is 5. The van der Waals surface area contributed by atoms with Crippen LogP contribution in [-0.2, 0) is 23.9 Å². The van der Waals surface area contributed by atoms with Gasteiger partial charge in [-0.15, -0.1) is 0 Å². The summed E-state index contributed by atoms with van der Waals surface area (Å²) in [4.78, 5) is 81.6. The molecule has 2 aromatic rings. The molecule has 2 saturated carbocycles. The van der Waals surface area contributed by atoms with Gasteiger partial charge in [0.2, 0.25) is 23.6 Å². The van der Waals surface area contributed by atoms with Crippen LogP contribution < -0.4 is 26.2 Å². The monoisotopic (exact) mass is 831 g/mol. The quantitative estimate of drug-likeness (QED) is 0.0795. The molecule has 5 rings (SSSR count). The zero-order valence-corrected chi connectivity index (χ0v) is 35.1. The zero-order chi connectivity index (χ0) is 43.0. The first kappa shape index (κ1) is 45.5. The maximum Gasteiger partial charge on any atom is 0.409 e. The molecule has 3 fully saturated rings. The van der Waals surface area contributed by atoms with Crippen LogP contribution in [0, 0.1) is 33.8 Å². The summed E-state index contributed by atoms with van der Waals surface area (Å²) in [6.07, 6.45) is 6.78. The number of rotatable bonds is 18. The topological polar surface area (TPSA) is 217 Å². The van der Waals surface area contributed by atoms with Gasteiger partial charge in [-0.25, -0.2) is 4.79 Å². The maximum atomic E-state index is 13.9. The Morgan fingerprint density at radius 2 is 1.13 bits per heavy atom. The fourth-order valence-corrected chi connectivity index (χ4v) is 8.39. The number of nitro groups is 1. The van der Waals surface area contributed by atoms with Crippen molar-refractivity contribution in [2.24, 2.45) is 33.9 Å². The van der Waals surface area contributed by atoms with Crippen LogP contribution in [0.25, 0.3) is 0 Å². The van der Waals surface area contributed by atoms with Crippen molar-refractivity contribution in [3.8, 4) is 0 Å². The Hall–Kier alpha value is -5.61. The van der Waals surface area contributed by atoms with E-state index in [4.69, 9.17) is 4.74 Å². The fraction of sp³-hybridized carbons (Fsp3) is 0.605. The third kappa shape index (κ3) is 12.5. The Morgan fingerprint density at radius 3 is 1.55 bits per heavy atom. The van der Waals surface area contributed by atoms with Gasteiger partial charge in [-0.05, 0) is 81.8 Å². The highest BCUT2D eigenvalue weighted by molar-refractivity contribution is 5.89. The number of azo groups is 1. The summed E-state index contributed by atoms with van der Waals surface area (Å²) in [6, 6.07) is 11.9. The maximum absolute atomic E-state index is 13.9. The normalized spacial score (nSPS) is 22.8. The average Bonchev–Trinajstić information content (AvgIpc) is 3.67. The molecule has 5 amide bonds. The Balaban J connectivity index is 1.22. The number of benzene rings is 2. The number of hydrogen-bond donors (Lipinski definition) is 4. The molecule has 4 N–H and O–H groups in total. The molecule has 2 aromatic carbocycles. The number of hydrogen-bond acceptors (Lipinski definition) is 11. The number of carbonyl (C=O) groups excluding carboxylic acids is 5. The Morgan fingerprint density at radius 1 is 0.700 bits per heavy atom. The number of nitro benzene ring substituents is 1. The molecule has 60 heavy (non-hydrogen) atoms. The first-order valence-electron chi connectivity index (χ1n) is 21.6. The third-order valence-electron chi connectivity index (χ3n) is 11.7. The SMILES string of the molecule is CCCNC(=O)[C@H]1CCCC[C@@H]1C(=O)N[C@H]1CN(C(=O)OCCN(CC)c2ccc(N=Nc3ccc([N+](=O)[O-])cc3)cc2)C[C@@H]1NC(=O)[C@H]1CCCC[C@@H]1C(=O)NCCC. The van der Waals surface area contributed by atoms with Crippen molar-refractivity contribution in [1.29, 1.82) is 0 Å². The molecule has 1 heterocycles. The summed E-state index contributed by atoms with van der Waals surface area (Å²) in [6.45, 7) is 8.33. The molecular weight excluding hydrogens is 771 g/mol. The molecule has 0 radical (unpaired) electrons. The Labute approximate surface area is 352 Å². The molecular formula is C43H61N9O8. The number of nitrogens with zero attached hydrogens (tertiary/aromatic N) is 5. The van der Waals surface area contributed by atoms with Gasteiger partial charge in [0, 0.05) is 74.2 Å². The van der Waals surface area contributed by atoms with Gasteiger partial charge in [-0.1, -0.05) is 39.5 Å². The van der Waals surface area contributed by atoms with Crippen molar-refractivity contribution in [3.63, 3.8) is 0 Å². The number of non-ortho nitro benzene ring substituents is 1. The van der Waals surface area contributed by atoms with Gasteiger partial charge in [-0.3, -0.25) is 29.3 Å². The molecule has 1 saturated heterocycles. The molecule has 17 heteroatoms. The van der Waals surface area contributed by atoms with Crippen LogP contribution in [0.15, 0.2) is 58.8 Å². The standard InChI is InChI=1S/C43H61N9O8/c1-4-23-44-39(53)33-11-7-9-13-35(33)41(55)46-37-27-51(28-38(37)47-42(56)36-14-10-8-12-34(36)40(54)45-24-5-2)43(57)60-26-25-50(6-3)31-19-15-29(16-20-31)48-49-30-17-21-32(22-18-30)52(58)59/h15-22,33-38H,4-14,23-28H2,1-3H3,(H,44,53)(H,45,54)(H,46,55)(H,47,56)/t33-,34-,35-,36-,37-,38-/m0/s1. The van der Waals surface area contributed by atoms with Gasteiger partial charge < -0.3 is 35.8 Å². The van der Waals surface area contributed by atoms with Crippen molar-refractivity contribution in [3.05, 3.63) is 58.6 Å². The molecule has 3 aliphatic rings. The number of amides is 5. The molecule has 0 bridgehead atoms. The zero-order valence-electron chi connectivity index (χ0n) is 35.1. The minimum Gasteiger partial charge on any atom is -0.448 e. The summed E-state index contributed by atoms with van der Waals surface area (Å²) in [5, 5.41) is 31.4. The molecule has 6 atom stereocenters. The predicted molar refractivity (Wildman–Crippen MR) is 226 cm³/mol. The van der Waals surface area contributed by atoms with Gasteiger partial charge in [0.25, 0.3) is 5.69 Å². The van der Waals surface area contributed by atoms with E-state index in [1.54, 1.807) is 12.1 Å². The minimum atomic E-state index is -0.630. The van der Waals surface area contributed by atoms with E-state index in [2.05, 4.69) is 31.5 Å². The van der Waals surface area contributed by atoms with Gasteiger partial charge in [0.1, 0.15) is 6.61 Å². The average molecular weight is 832 g/mol. The lowest BCUT2D eigenvalue weighted by atomic mass is 9.77. The van der Waals surface area contributed by atoms with Crippen LogP contribution >= 0.6 is 0 Å². The lowest BCUT2D eigenvalue weighted by Crippen LogP contribution is -2.55. The molecule has 2 aliphatic carbocycles. The van der Waals surface area contributed by atoms with Gasteiger partial charge in [0.15, 0.2) is 0 Å². The minimum absolute atomic E-state index is 0.0260. The van der Waals surface area contributed by atoms with Crippen molar-refractivity contribution in [2.75, 3.05) is 50.8 Å². The van der Waals surface area contributed by atoms with Crippen molar-refractivity contribution < 1.29 is 33.6 Å². The van der Waals surface area contributed by atoms with Crippen LogP contribution in [-0.4, -0.2) is 97.5 Å². The van der Waals surface area contributed by atoms with Crippen molar-refractivity contribution in [1.82, 2.24) is 26.2 Å². The second-order valence-corrected chi connectivity index (χ2v) is 15.9. The first-order valence-corrected chi connectivity index (χ1v) is 21.6. The Bertz CT molecular complexity index is 1750. The van der Waals surface area contributed by atoms with E-state index in [0.29, 0.717) is 63.2 Å². The van der Waals surface area contributed by atoms with Crippen LogP contribution in [0.1, 0.15) is 85.0 Å². The summed E-state index contributed by atoms with van der Waals surface area (Å²) in [7, 11) is 0. The molecule has 326 valence electrons. The second-order valence-electron chi connectivity index (χ2n) is 15.9. The highest BCUT2D eigenvalue weighted by Crippen LogP contribution is 2.33.